The van der Waals surface area contributed by atoms with E-state index in [0.29, 0.717) is 21.6 Å². The summed E-state index contributed by atoms with van der Waals surface area (Å²) < 4.78 is 0.955. The second-order valence-corrected chi connectivity index (χ2v) is 6.36. The van der Waals surface area contributed by atoms with Crippen LogP contribution in [0, 0.1) is 0 Å². The molecule has 84 valence electrons. The van der Waals surface area contributed by atoms with Crippen molar-refractivity contribution in [3.05, 3.63) is 43.3 Å². The van der Waals surface area contributed by atoms with E-state index in [1.165, 1.54) is 11.3 Å². The molecule has 1 heterocycles. The van der Waals surface area contributed by atoms with Crippen LogP contribution in [0.2, 0.25) is 10.0 Å². The molecule has 2 aromatic rings. The van der Waals surface area contributed by atoms with E-state index in [9.17, 15) is 0 Å². The lowest BCUT2D eigenvalue weighted by Gasteiger charge is -2.01. The predicted molar refractivity (Wildman–Crippen MR) is 73.5 cm³/mol. The number of nitrogens with two attached hydrogens (primary N) is 1. The van der Waals surface area contributed by atoms with Gasteiger partial charge in [0.2, 0.25) is 0 Å². The van der Waals surface area contributed by atoms with Crippen LogP contribution < -0.4 is 5.73 Å². The van der Waals surface area contributed by atoms with Crippen molar-refractivity contribution in [3.8, 4) is 0 Å². The predicted octanol–water partition coefficient (Wildman–Crippen LogP) is 4.39. The Kier molecular flexibility index (Phi) is 3.74. The fraction of sp³-hybridized carbons (Fsp3) is 0.100. The molecule has 0 unspecified atom stereocenters. The van der Waals surface area contributed by atoms with Gasteiger partial charge in [0.25, 0.3) is 0 Å². The zero-order valence-corrected chi connectivity index (χ0v) is 11.9. The summed E-state index contributed by atoms with van der Waals surface area (Å²) in [6.07, 6.45) is 0.686. The molecule has 1 aromatic carbocycles. The number of hydrogen-bond donors (Lipinski definition) is 1. The molecule has 0 amide bonds. The molecule has 0 bridgehead atoms. The molecule has 0 aliphatic heterocycles. The third kappa shape index (κ3) is 2.69. The number of nitrogen functional groups attached to an aromatic ring is 1. The third-order valence-corrected chi connectivity index (χ3v) is 4.42. The van der Waals surface area contributed by atoms with E-state index in [1.54, 1.807) is 6.07 Å². The standard InChI is InChI=1S/C10H7BrCl2N2S/c11-9-8(15-10(14)16-9)4-5-1-2-6(12)7(13)3-5/h1-3H,4H2,(H2,14,15). The molecule has 0 fully saturated rings. The molecule has 2 N–H and O–H groups in total. The van der Waals surface area contributed by atoms with E-state index in [0.717, 1.165) is 15.0 Å². The Labute approximate surface area is 116 Å². The Morgan fingerprint density at radius 2 is 2.06 bits per heavy atom. The zero-order chi connectivity index (χ0) is 11.7. The number of thiazole rings is 1. The van der Waals surface area contributed by atoms with E-state index >= 15 is 0 Å². The quantitative estimate of drug-likeness (QED) is 0.882. The number of nitrogens with zero attached hydrogens (tertiary/aromatic N) is 1. The normalized spacial score (nSPS) is 10.7. The fourth-order valence-corrected chi connectivity index (χ4v) is 2.92. The summed E-state index contributed by atoms with van der Waals surface area (Å²) in [7, 11) is 0. The van der Waals surface area contributed by atoms with Gasteiger partial charge in [-0.1, -0.05) is 40.6 Å². The van der Waals surface area contributed by atoms with Gasteiger partial charge in [-0.3, -0.25) is 0 Å². The van der Waals surface area contributed by atoms with Crippen LogP contribution in [-0.4, -0.2) is 4.98 Å². The molecule has 2 nitrogen and oxygen atoms in total. The first-order valence-corrected chi connectivity index (χ1v) is 6.77. The molecular weight excluding hydrogens is 331 g/mol. The number of rotatable bonds is 2. The maximum absolute atomic E-state index is 5.94. The van der Waals surface area contributed by atoms with Crippen LogP contribution >= 0.6 is 50.5 Å². The van der Waals surface area contributed by atoms with Crippen molar-refractivity contribution in [1.29, 1.82) is 0 Å². The third-order valence-electron chi connectivity index (χ3n) is 2.02. The summed E-state index contributed by atoms with van der Waals surface area (Å²) in [5.74, 6) is 0. The summed E-state index contributed by atoms with van der Waals surface area (Å²) in [5.41, 5.74) is 7.59. The van der Waals surface area contributed by atoms with Crippen molar-refractivity contribution in [2.75, 3.05) is 5.73 Å². The minimum Gasteiger partial charge on any atom is -0.375 e. The Balaban J connectivity index is 2.27. The van der Waals surface area contributed by atoms with Crippen LogP contribution in [0.1, 0.15) is 11.3 Å². The van der Waals surface area contributed by atoms with Crippen molar-refractivity contribution < 1.29 is 0 Å². The van der Waals surface area contributed by atoms with E-state index < -0.39 is 0 Å². The number of hydrogen-bond acceptors (Lipinski definition) is 3. The molecular formula is C10H7BrCl2N2S. The Bertz CT molecular complexity index is 528. The average molecular weight is 338 g/mol. The highest BCUT2D eigenvalue weighted by molar-refractivity contribution is 9.11. The summed E-state index contributed by atoms with van der Waals surface area (Å²) in [5, 5.41) is 1.67. The van der Waals surface area contributed by atoms with Crippen LogP contribution in [0.5, 0.6) is 0 Å². The summed E-state index contributed by atoms with van der Waals surface area (Å²) >= 11 is 16.6. The van der Waals surface area contributed by atoms with Crippen molar-refractivity contribution >= 4 is 55.6 Å². The average Bonchev–Trinajstić information content (AvgIpc) is 2.51. The highest BCUT2D eigenvalue weighted by Gasteiger charge is 2.08. The van der Waals surface area contributed by atoms with Gasteiger partial charge >= 0.3 is 0 Å². The molecule has 2 rings (SSSR count). The van der Waals surface area contributed by atoms with Crippen LogP contribution in [0.4, 0.5) is 5.13 Å². The largest absolute Gasteiger partial charge is 0.375 e. The Hall–Kier alpha value is -0.290. The van der Waals surface area contributed by atoms with Gasteiger partial charge in [-0.2, -0.15) is 0 Å². The van der Waals surface area contributed by atoms with E-state index in [4.69, 9.17) is 28.9 Å². The smallest absolute Gasteiger partial charge is 0.181 e. The molecule has 0 saturated heterocycles. The number of halogens is 3. The van der Waals surface area contributed by atoms with Gasteiger partial charge in [0.05, 0.1) is 19.5 Å². The van der Waals surface area contributed by atoms with Gasteiger partial charge in [-0.25, -0.2) is 4.98 Å². The number of benzene rings is 1. The highest BCUT2D eigenvalue weighted by atomic mass is 79.9. The van der Waals surface area contributed by atoms with E-state index in [-0.39, 0.29) is 0 Å². The SMILES string of the molecule is Nc1nc(Cc2ccc(Cl)c(Cl)c2)c(Br)s1. The molecule has 0 aliphatic carbocycles. The topological polar surface area (TPSA) is 38.9 Å². The molecule has 6 heteroatoms. The summed E-state index contributed by atoms with van der Waals surface area (Å²) in [4.78, 5) is 4.23. The Morgan fingerprint density at radius 3 is 2.62 bits per heavy atom. The zero-order valence-electron chi connectivity index (χ0n) is 8.01. The van der Waals surface area contributed by atoms with Gasteiger partial charge in [-0.15, -0.1) is 0 Å². The maximum atomic E-state index is 5.94. The molecule has 1 aromatic heterocycles. The second kappa shape index (κ2) is 4.92. The van der Waals surface area contributed by atoms with Crippen LogP contribution in [0.15, 0.2) is 22.0 Å². The molecule has 16 heavy (non-hydrogen) atoms. The highest BCUT2D eigenvalue weighted by Crippen LogP contribution is 2.29. The van der Waals surface area contributed by atoms with E-state index in [1.807, 2.05) is 12.1 Å². The van der Waals surface area contributed by atoms with Gasteiger partial charge in [-0.05, 0) is 33.6 Å². The van der Waals surface area contributed by atoms with Crippen molar-refractivity contribution in [1.82, 2.24) is 4.98 Å². The lowest BCUT2D eigenvalue weighted by molar-refractivity contribution is 1.10. The first-order chi connectivity index (χ1) is 7.56. The molecule has 0 aliphatic rings. The first kappa shape index (κ1) is 12.2. The van der Waals surface area contributed by atoms with Gasteiger partial charge in [0.15, 0.2) is 5.13 Å². The van der Waals surface area contributed by atoms with Gasteiger partial charge in [0.1, 0.15) is 0 Å². The minimum atomic E-state index is 0.554. The first-order valence-electron chi connectivity index (χ1n) is 4.41. The van der Waals surface area contributed by atoms with Crippen LogP contribution in [-0.2, 0) is 6.42 Å². The number of aromatic nitrogens is 1. The summed E-state index contributed by atoms with van der Waals surface area (Å²) in [6, 6.07) is 5.55. The second-order valence-electron chi connectivity index (χ2n) is 3.20. The van der Waals surface area contributed by atoms with E-state index in [2.05, 4.69) is 20.9 Å². The lowest BCUT2D eigenvalue weighted by atomic mass is 10.1. The molecule has 0 atom stereocenters. The van der Waals surface area contributed by atoms with Crippen LogP contribution in [0.3, 0.4) is 0 Å². The number of anilines is 1. The van der Waals surface area contributed by atoms with Crippen LogP contribution in [0.25, 0.3) is 0 Å². The van der Waals surface area contributed by atoms with Crippen molar-refractivity contribution in [2.24, 2.45) is 0 Å². The van der Waals surface area contributed by atoms with Gasteiger partial charge in [0, 0.05) is 6.42 Å². The summed E-state index contributed by atoms with van der Waals surface area (Å²) in [6.45, 7) is 0. The van der Waals surface area contributed by atoms with Crippen molar-refractivity contribution in [2.45, 2.75) is 6.42 Å². The van der Waals surface area contributed by atoms with Crippen molar-refractivity contribution in [3.63, 3.8) is 0 Å². The monoisotopic (exact) mass is 336 g/mol. The molecule has 0 saturated carbocycles. The molecule has 0 radical (unpaired) electrons. The minimum absolute atomic E-state index is 0.554. The lowest BCUT2D eigenvalue weighted by Crippen LogP contribution is -1.91. The van der Waals surface area contributed by atoms with Gasteiger partial charge < -0.3 is 5.73 Å². The molecule has 0 spiro atoms. The maximum Gasteiger partial charge on any atom is 0.181 e. The fourth-order valence-electron chi connectivity index (χ4n) is 1.30. The Morgan fingerprint density at radius 1 is 1.31 bits per heavy atom.